The summed E-state index contributed by atoms with van der Waals surface area (Å²) in [5, 5.41) is 18.3. The fourth-order valence-corrected chi connectivity index (χ4v) is 4.87. The SMILES string of the molecule is CN(C)CCOc1cncc(-c2cnc3n[nH]c(-c4cc5c([nH]4)C=CCC5c4cc(O)cc(F)c4)c3c2)c1. The Morgan fingerprint density at radius 2 is 1.95 bits per heavy atom. The normalized spacial score (nSPS) is 14.8. The molecule has 8 nitrogen and oxygen atoms in total. The van der Waals surface area contributed by atoms with Crippen LogP contribution < -0.4 is 4.74 Å². The molecule has 0 amide bonds. The number of H-pyrrole nitrogens is 2. The second kappa shape index (κ2) is 9.75. The van der Waals surface area contributed by atoms with Crippen molar-refractivity contribution in [3.05, 3.63) is 83.7 Å². The predicted octanol–water partition coefficient (Wildman–Crippen LogP) is 5.35. The standard InChI is InChI=1S/C29H27FN6O2/c1-36(2)6-7-38-22-10-18(14-31-16-22)19-11-25-28(34-35-29(25)32-15-19)27-13-24-23(4-3-5-26(24)33-27)17-8-20(30)12-21(37)9-17/h3,5,8-16,23,33,37H,4,6-7H2,1-2H3,(H,32,34,35). The van der Waals surface area contributed by atoms with Gasteiger partial charge in [-0.2, -0.15) is 5.10 Å². The number of phenolic OH excluding ortho intramolecular Hbond substituents is 1. The number of hydrogen-bond acceptors (Lipinski definition) is 6. The van der Waals surface area contributed by atoms with Crippen LogP contribution in [0.25, 0.3) is 39.6 Å². The molecular weight excluding hydrogens is 483 g/mol. The zero-order chi connectivity index (χ0) is 26.2. The molecule has 1 aliphatic rings. The number of pyridine rings is 2. The number of nitrogens with one attached hydrogen (secondary N) is 2. The molecule has 1 aliphatic carbocycles. The quantitative estimate of drug-likeness (QED) is 0.273. The van der Waals surface area contributed by atoms with Crippen LogP contribution in [-0.2, 0) is 0 Å². The van der Waals surface area contributed by atoms with Gasteiger partial charge in [0.25, 0.3) is 0 Å². The number of nitrogens with zero attached hydrogens (tertiary/aromatic N) is 4. The molecule has 0 radical (unpaired) electrons. The largest absolute Gasteiger partial charge is 0.508 e. The van der Waals surface area contributed by atoms with Gasteiger partial charge in [-0.25, -0.2) is 9.37 Å². The average molecular weight is 511 g/mol. The minimum atomic E-state index is -0.452. The molecule has 192 valence electrons. The molecule has 0 bridgehead atoms. The van der Waals surface area contributed by atoms with Gasteiger partial charge in [-0.3, -0.25) is 10.1 Å². The second-order valence-corrected chi connectivity index (χ2v) is 9.74. The van der Waals surface area contributed by atoms with E-state index < -0.39 is 5.82 Å². The van der Waals surface area contributed by atoms with Crippen molar-refractivity contribution in [2.24, 2.45) is 0 Å². The highest BCUT2D eigenvalue weighted by atomic mass is 19.1. The molecule has 0 aliphatic heterocycles. The summed E-state index contributed by atoms with van der Waals surface area (Å²) in [4.78, 5) is 14.5. The Morgan fingerprint density at radius 3 is 2.79 bits per heavy atom. The fraction of sp³-hybridized carbons (Fsp3) is 0.207. The highest BCUT2D eigenvalue weighted by Gasteiger charge is 2.24. The molecule has 0 spiro atoms. The molecule has 4 heterocycles. The number of aromatic nitrogens is 5. The minimum Gasteiger partial charge on any atom is -0.508 e. The fourth-order valence-electron chi connectivity index (χ4n) is 4.87. The third kappa shape index (κ3) is 4.64. The summed E-state index contributed by atoms with van der Waals surface area (Å²) in [7, 11) is 4.01. The van der Waals surface area contributed by atoms with Crippen molar-refractivity contribution in [1.82, 2.24) is 30.0 Å². The van der Waals surface area contributed by atoms with Gasteiger partial charge < -0.3 is 19.7 Å². The number of allylic oxidation sites excluding steroid dienone is 1. The highest BCUT2D eigenvalue weighted by molar-refractivity contribution is 5.93. The van der Waals surface area contributed by atoms with Crippen LogP contribution in [0.3, 0.4) is 0 Å². The number of ether oxygens (including phenoxy) is 1. The number of aromatic amines is 2. The van der Waals surface area contributed by atoms with E-state index in [-0.39, 0.29) is 11.7 Å². The Morgan fingerprint density at radius 1 is 1.08 bits per heavy atom. The Balaban J connectivity index is 1.34. The Labute approximate surface area is 218 Å². The van der Waals surface area contributed by atoms with E-state index in [1.165, 1.54) is 6.07 Å². The lowest BCUT2D eigenvalue weighted by Crippen LogP contribution is -2.19. The van der Waals surface area contributed by atoms with Crippen LogP contribution in [-0.4, -0.2) is 62.4 Å². The molecule has 0 fully saturated rings. The van der Waals surface area contributed by atoms with E-state index in [1.807, 2.05) is 32.3 Å². The van der Waals surface area contributed by atoms with Gasteiger partial charge >= 0.3 is 0 Å². The van der Waals surface area contributed by atoms with Gasteiger partial charge in [0.05, 0.1) is 17.6 Å². The van der Waals surface area contributed by atoms with E-state index in [9.17, 15) is 9.50 Å². The minimum absolute atomic E-state index is 0.0771. The van der Waals surface area contributed by atoms with Crippen LogP contribution in [0, 0.1) is 5.82 Å². The van der Waals surface area contributed by atoms with Crippen molar-refractivity contribution in [1.29, 1.82) is 0 Å². The van der Waals surface area contributed by atoms with E-state index in [0.29, 0.717) is 24.4 Å². The van der Waals surface area contributed by atoms with Crippen LogP contribution in [0.1, 0.15) is 29.2 Å². The van der Waals surface area contributed by atoms with Crippen molar-refractivity contribution in [3.63, 3.8) is 0 Å². The maximum Gasteiger partial charge on any atom is 0.181 e. The maximum atomic E-state index is 14.0. The molecule has 0 saturated carbocycles. The molecule has 1 atom stereocenters. The van der Waals surface area contributed by atoms with Crippen molar-refractivity contribution in [2.75, 3.05) is 27.2 Å². The van der Waals surface area contributed by atoms with Crippen LogP contribution >= 0.6 is 0 Å². The second-order valence-electron chi connectivity index (χ2n) is 9.74. The number of hydrogen-bond donors (Lipinski definition) is 3. The monoisotopic (exact) mass is 510 g/mol. The zero-order valence-electron chi connectivity index (χ0n) is 21.1. The van der Waals surface area contributed by atoms with Crippen molar-refractivity contribution in [2.45, 2.75) is 12.3 Å². The Kier molecular flexibility index (Phi) is 6.13. The lowest BCUT2D eigenvalue weighted by molar-refractivity contribution is 0.261. The number of aromatic hydroxyl groups is 1. The van der Waals surface area contributed by atoms with Gasteiger partial charge in [0.2, 0.25) is 0 Å². The smallest absolute Gasteiger partial charge is 0.181 e. The molecule has 1 aromatic carbocycles. The highest BCUT2D eigenvalue weighted by Crippen LogP contribution is 2.39. The third-order valence-corrected chi connectivity index (χ3v) is 6.75. The van der Waals surface area contributed by atoms with Crippen molar-refractivity contribution < 1.29 is 14.2 Å². The number of rotatable bonds is 7. The summed E-state index contributed by atoms with van der Waals surface area (Å²) in [6, 6.07) is 10.3. The summed E-state index contributed by atoms with van der Waals surface area (Å²) in [5.74, 6) is 0.0966. The summed E-state index contributed by atoms with van der Waals surface area (Å²) in [6.07, 6.45) is 10.1. The average Bonchev–Trinajstić information content (AvgIpc) is 3.51. The molecule has 6 rings (SSSR count). The predicted molar refractivity (Wildman–Crippen MR) is 145 cm³/mol. The summed E-state index contributed by atoms with van der Waals surface area (Å²) in [6.45, 7) is 1.39. The Bertz CT molecular complexity index is 1630. The molecular formula is C29H27FN6O2. The van der Waals surface area contributed by atoms with E-state index in [0.717, 1.165) is 57.3 Å². The molecule has 1 unspecified atom stereocenters. The first kappa shape index (κ1) is 23.9. The zero-order valence-corrected chi connectivity index (χ0v) is 21.1. The van der Waals surface area contributed by atoms with Gasteiger partial charge in [0.15, 0.2) is 5.65 Å². The van der Waals surface area contributed by atoms with Gasteiger partial charge in [-0.05, 0) is 68.1 Å². The maximum absolute atomic E-state index is 14.0. The van der Waals surface area contributed by atoms with Gasteiger partial charge in [0.1, 0.15) is 23.9 Å². The number of halogens is 1. The van der Waals surface area contributed by atoms with Gasteiger partial charge in [0, 0.05) is 53.1 Å². The lowest BCUT2D eigenvalue weighted by atomic mass is 9.85. The Hall–Kier alpha value is -4.50. The van der Waals surface area contributed by atoms with Crippen LogP contribution in [0.4, 0.5) is 4.39 Å². The topological polar surface area (TPSA) is 103 Å². The number of fused-ring (bicyclic) bond motifs is 2. The molecule has 4 aromatic heterocycles. The van der Waals surface area contributed by atoms with E-state index in [4.69, 9.17) is 4.74 Å². The van der Waals surface area contributed by atoms with Crippen LogP contribution in [0.15, 0.2) is 61.1 Å². The summed E-state index contributed by atoms with van der Waals surface area (Å²) >= 11 is 0. The molecule has 9 heteroatoms. The first-order chi connectivity index (χ1) is 18.4. The van der Waals surface area contributed by atoms with E-state index in [1.54, 1.807) is 24.7 Å². The van der Waals surface area contributed by atoms with Gasteiger partial charge in [-0.1, -0.05) is 6.08 Å². The summed E-state index contributed by atoms with van der Waals surface area (Å²) < 4.78 is 19.9. The molecule has 0 saturated heterocycles. The van der Waals surface area contributed by atoms with E-state index in [2.05, 4.69) is 42.2 Å². The van der Waals surface area contributed by atoms with Gasteiger partial charge in [-0.15, -0.1) is 0 Å². The lowest BCUT2D eigenvalue weighted by Gasteiger charge is -2.19. The van der Waals surface area contributed by atoms with Crippen molar-refractivity contribution >= 4 is 17.1 Å². The first-order valence-electron chi connectivity index (χ1n) is 12.4. The van der Waals surface area contributed by atoms with E-state index >= 15 is 0 Å². The number of benzene rings is 1. The number of phenols is 1. The van der Waals surface area contributed by atoms with Crippen molar-refractivity contribution in [3.8, 4) is 34.0 Å². The number of likely N-dealkylation sites (N-methyl/N-ethyl adjacent to an activating group) is 1. The molecule has 5 aromatic rings. The van der Waals surface area contributed by atoms with Crippen LogP contribution in [0.5, 0.6) is 11.5 Å². The molecule has 38 heavy (non-hydrogen) atoms. The first-order valence-corrected chi connectivity index (χ1v) is 12.4. The summed E-state index contributed by atoms with van der Waals surface area (Å²) in [5.41, 5.74) is 6.77. The molecule has 3 N–H and O–H groups in total. The third-order valence-electron chi connectivity index (χ3n) is 6.75. The van der Waals surface area contributed by atoms with Crippen LogP contribution in [0.2, 0.25) is 0 Å².